The lowest BCUT2D eigenvalue weighted by atomic mass is 10.2. The van der Waals surface area contributed by atoms with Crippen LogP contribution in [0.3, 0.4) is 0 Å². The average Bonchev–Trinajstić information content (AvgIpc) is 3.01. The molecule has 24 heavy (non-hydrogen) atoms. The van der Waals surface area contributed by atoms with Crippen molar-refractivity contribution in [1.82, 2.24) is 10.1 Å². The molecule has 2 aromatic carbocycles. The smallest absolute Gasteiger partial charge is 0.344 e. The lowest BCUT2D eigenvalue weighted by Crippen LogP contribution is -2.10. The Hall–Kier alpha value is -2.31. The molecule has 0 radical (unpaired) electrons. The van der Waals surface area contributed by atoms with Crippen LogP contribution in [-0.2, 0) is 5.75 Å². The summed E-state index contributed by atoms with van der Waals surface area (Å²) in [6.45, 7) is 1.76. The van der Waals surface area contributed by atoms with Gasteiger partial charge in [0, 0.05) is 4.90 Å². The third kappa shape index (κ3) is 3.96. The van der Waals surface area contributed by atoms with E-state index in [4.69, 9.17) is 20.9 Å². The number of rotatable bonds is 5. The number of benzene rings is 2. The number of aryl methyl sites for hydroxylation is 1. The number of carbonyl (C=O) groups is 1. The van der Waals surface area contributed by atoms with Crippen LogP contribution in [0.15, 0.2) is 57.9 Å². The van der Waals surface area contributed by atoms with Crippen LogP contribution < -0.4 is 4.74 Å². The molecule has 0 aliphatic carbocycles. The predicted octanol–water partition coefficient (Wildman–Crippen LogP) is 4.54. The van der Waals surface area contributed by atoms with E-state index in [0.29, 0.717) is 33.8 Å². The summed E-state index contributed by atoms with van der Waals surface area (Å²) in [5.41, 5.74) is 0.457. The summed E-state index contributed by atoms with van der Waals surface area (Å²) in [4.78, 5) is 17.4. The van der Waals surface area contributed by atoms with Crippen LogP contribution in [0.25, 0.3) is 0 Å². The molecule has 3 aromatic rings. The highest BCUT2D eigenvalue weighted by atomic mass is 35.5. The molecule has 0 spiro atoms. The van der Waals surface area contributed by atoms with E-state index in [1.807, 2.05) is 12.1 Å². The molecule has 0 fully saturated rings. The summed E-state index contributed by atoms with van der Waals surface area (Å²) in [7, 11) is 0. The number of para-hydroxylation sites is 1. The van der Waals surface area contributed by atoms with Crippen LogP contribution in [0.1, 0.15) is 22.1 Å². The molecule has 0 aliphatic rings. The maximum absolute atomic E-state index is 12.5. The number of esters is 1. The van der Waals surface area contributed by atoms with E-state index in [-0.39, 0.29) is 0 Å². The van der Waals surface area contributed by atoms with Gasteiger partial charge in [-0.3, -0.25) is 0 Å². The minimum absolute atomic E-state index is 0.330. The van der Waals surface area contributed by atoms with Crippen molar-refractivity contribution in [2.75, 3.05) is 0 Å². The van der Waals surface area contributed by atoms with Gasteiger partial charge in [-0.15, -0.1) is 11.8 Å². The van der Waals surface area contributed by atoms with Crippen molar-refractivity contribution in [2.45, 2.75) is 17.6 Å². The number of carbonyl (C=O) groups excluding carboxylic acids is 1. The first-order chi connectivity index (χ1) is 11.6. The minimum Gasteiger partial charge on any atom is -0.421 e. The van der Waals surface area contributed by atoms with Crippen molar-refractivity contribution in [2.24, 2.45) is 0 Å². The highest BCUT2D eigenvalue weighted by molar-refractivity contribution is 7.98. The Kier molecular flexibility index (Phi) is 5.17. The SMILES string of the molecule is Cc1noc(CSc2ccccc2C(=O)Oc2ccccc2Cl)n1. The van der Waals surface area contributed by atoms with E-state index >= 15 is 0 Å². The Morgan fingerprint density at radius 2 is 1.96 bits per heavy atom. The molecule has 0 unspecified atom stereocenters. The summed E-state index contributed by atoms with van der Waals surface area (Å²) in [6.07, 6.45) is 0. The Labute approximate surface area is 148 Å². The molecule has 0 saturated heterocycles. The van der Waals surface area contributed by atoms with E-state index in [0.717, 1.165) is 4.90 Å². The first-order valence-corrected chi connectivity index (χ1v) is 8.47. The number of thioether (sulfide) groups is 1. The molecule has 7 heteroatoms. The van der Waals surface area contributed by atoms with Crippen LogP contribution in [-0.4, -0.2) is 16.1 Å². The molecule has 0 saturated carbocycles. The summed E-state index contributed by atoms with van der Waals surface area (Å²) >= 11 is 7.46. The van der Waals surface area contributed by atoms with Gasteiger partial charge in [0.25, 0.3) is 0 Å². The number of aromatic nitrogens is 2. The zero-order chi connectivity index (χ0) is 16.9. The topological polar surface area (TPSA) is 65.2 Å². The van der Waals surface area contributed by atoms with E-state index in [1.165, 1.54) is 11.8 Å². The van der Waals surface area contributed by atoms with Crippen LogP contribution in [0.2, 0.25) is 5.02 Å². The van der Waals surface area contributed by atoms with Gasteiger partial charge in [0.2, 0.25) is 5.89 Å². The Bertz CT molecular complexity index is 866. The number of hydrogen-bond acceptors (Lipinski definition) is 6. The second-order valence-electron chi connectivity index (χ2n) is 4.84. The second kappa shape index (κ2) is 7.51. The van der Waals surface area contributed by atoms with Gasteiger partial charge in [-0.05, 0) is 31.2 Å². The molecule has 0 bridgehead atoms. The Balaban J connectivity index is 1.75. The van der Waals surface area contributed by atoms with Crippen molar-refractivity contribution in [3.8, 4) is 5.75 Å². The fraction of sp³-hybridized carbons (Fsp3) is 0.118. The number of nitrogens with zero attached hydrogens (tertiary/aromatic N) is 2. The summed E-state index contributed by atoms with van der Waals surface area (Å²) in [6, 6.07) is 14.0. The molecular formula is C17H13ClN2O3S. The average molecular weight is 361 g/mol. The molecule has 0 atom stereocenters. The van der Waals surface area contributed by atoms with Crippen molar-refractivity contribution < 1.29 is 14.1 Å². The van der Waals surface area contributed by atoms with Gasteiger partial charge in [-0.25, -0.2) is 4.79 Å². The fourth-order valence-electron chi connectivity index (χ4n) is 1.98. The second-order valence-corrected chi connectivity index (χ2v) is 6.26. The molecule has 0 N–H and O–H groups in total. The lowest BCUT2D eigenvalue weighted by Gasteiger charge is -2.09. The molecule has 0 amide bonds. The van der Waals surface area contributed by atoms with E-state index in [9.17, 15) is 4.79 Å². The van der Waals surface area contributed by atoms with Gasteiger partial charge in [0.15, 0.2) is 5.82 Å². The molecular weight excluding hydrogens is 348 g/mol. The van der Waals surface area contributed by atoms with Gasteiger partial charge < -0.3 is 9.26 Å². The standard InChI is InChI=1S/C17H13ClN2O3S/c1-11-19-16(23-20-11)10-24-15-9-5-2-6-12(15)17(21)22-14-8-4-3-7-13(14)18/h2-9H,10H2,1H3. The first-order valence-electron chi connectivity index (χ1n) is 7.11. The first kappa shape index (κ1) is 16.5. The zero-order valence-corrected chi connectivity index (χ0v) is 14.3. The largest absolute Gasteiger partial charge is 0.421 e. The van der Waals surface area contributed by atoms with Gasteiger partial charge in [-0.1, -0.05) is 41.0 Å². The monoisotopic (exact) mass is 360 g/mol. The minimum atomic E-state index is -0.465. The summed E-state index contributed by atoms with van der Waals surface area (Å²) in [5, 5.41) is 4.13. The number of halogens is 1. The molecule has 1 aromatic heterocycles. The maximum atomic E-state index is 12.5. The molecule has 5 nitrogen and oxygen atoms in total. The third-order valence-electron chi connectivity index (χ3n) is 3.07. The lowest BCUT2D eigenvalue weighted by molar-refractivity contribution is 0.0731. The quantitative estimate of drug-likeness (QED) is 0.378. The van der Waals surface area contributed by atoms with Crippen LogP contribution >= 0.6 is 23.4 Å². The van der Waals surface area contributed by atoms with Crippen molar-refractivity contribution >= 4 is 29.3 Å². The molecule has 3 rings (SSSR count). The number of ether oxygens (including phenoxy) is 1. The van der Waals surface area contributed by atoms with Gasteiger partial charge >= 0.3 is 5.97 Å². The van der Waals surface area contributed by atoms with Crippen LogP contribution in [0, 0.1) is 6.92 Å². The highest BCUT2D eigenvalue weighted by Gasteiger charge is 2.16. The van der Waals surface area contributed by atoms with Crippen molar-refractivity contribution in [3.63, 3.8) is 0 Å². The van der Waals surface area contributed by atoms with Crippen molar-refractivity contribution in [3.05, 3.63) is 70.8 Å². The fourth-order valence-corrected chi connectivity index (χ4v) is 3.03. The van der Waals surface area contributed by atoms with Gasteiger partial charge in [-0.2, -0.15) is 4.98 Å². The Morgan fingerprint density at radius 3 is 2.71 bits per heavy atom. The highest BCUT2D eigenvalue weighted by Crippen LogP contribution is 2.28. The van der Waals surface area contributed by atoms with E-state index in [1.54, 1.807) is 43.3 Å². The summed E-state index contributed by atoms with van der Waals surface area (Å²) in [5.74, 6) is 1.42. The van der Waals surface area contributed by atoms with E-state index in [2.05, 4.69) is 10.1 Å². The molecule has 122 valence electrons. The van der Waals surface area contributed by atoms with Gasteiger partial charge in [0.1, 0.15) is 5.75 Å². The van der Waals surface area contributed by atoms with Gasteiger partial charge in [0.05, 0.1) is 16.3 Å². The molecule has 1 heterocycles. The maximum Gasteiger partial charge on any atom is 0.344 e. The predicted molar refractivity (Wildman–Crippen MR) is 91.4 cm³/mol. The normalized spacial score (nSPS) is 10.6. The van der Waals surface area contributed by atoms with Crippen molar-refractivity contribution in [1.29, 1.82) is 0 Å². The third-order valence-corrected chi connectivity index (χ3v) is 4.44. The zero-order valence-electron chi connectivity index (χ0n) is 12.7. The number of hydrogen-bond donors (Lipinski definition) is 0. The Morgan fingerprint density at radius 1 is 1.21 bits per heavy atom. The van der Waals surface area contributed by atoms with Crippen LogP contribution in [0.5, 0.6) is 5.75 Å². The van der Waals surface area contributed by atoms with Crippen LogP contribution in [0.4, 0.5) is 0 Å². The van der Waals surface area contributed by atoms with E-state index < -0.39 is 5.97 Å². The molecule has 0 aliphatic heterocycles. The summed E-state index contributed by atoms with van der Waals surface area (Å²) < 4.78 is 10.5.